The van der Waals surface area contributed by atoms with Gasteiger partial charge in [-0.15, -0.1) is 0 Å². The molecule has 2 saturated carbocycles. The molecule has 3 fully saturated rings. The highest BCUT2D eigenvalue weighted by atomic mass is 16.5. The van der Waals surface area contributed by atoms with Crippen molar-refractivity contribution in [3.63, 3.8) is 0 Å². The molecule has 1 unspecified atom stereocenters. The van der Waals surface area contributed by atoms with Gasteiger partial charge < -0.3 is 31.3 Å². The van der Waals surface area contributed by atoms with E-state index in [1.54, 1.807) is 48.5 Å². The van der Waals surface area contributed by atoms with Crippen LogP contribution in [-0.2, 0) is 28.7 Å². The van der Waals surface area contributed by atoms with Crippen molar-refractivity contribution in [3.8, 4) is 0 Å². The fraction of sp³-hybridized carbons (Fsp3) is 0.622. The number of ether oxygens (including phenoxy) is 1. The first-order valence-corrected chi connectivity index (χ1v) is 17.2. The van der Waals surface area contributed by atoms with Gasteiger partial charge in [-0.05, 0) is 49.5 Å². The Morgan fingerprint density at radius 1 is 0.898 bits per heavy atom. The second-order valence-electron chi connectivity index (χ2n) is 16.2. The summed E-state index contributed by atoms with van der Waals surface area (Å²) in [5, 5.41) is 8.30. The van der Waals surface area contributed by atoms with Crippen molar-refractivity contribution < 1.29 is 33.5 Å². The number of carbonyl (C=O) groups excluding carboxylic acids is 6. The lowest BCUT2D eigenvalue weighted by Crippen LogP contribution is -2.62. The molecule has 2 aliphatic carbocycles. The number of esters is 1. The molecule has 3 aliphatic rings. The fourth-order valence-electron chi connectivity index (χ4n) is 6.83. The Balaban J connectivity index is 1.53. The SMILES string of the molecule is CC(C)=C1[C@H]2[C@@H]1CN(C(=O)[C@@H](NC(=O)N[C@H](C(=O)O[C@@H](C)c1ccccc1)C(C)(C)C)C(C)(C)C)[C@@H]2C(=O)NC(CC1CC1)C(=O)C(N)=O. The number of fused-ring (bicyclic) bond motifs is 1. The zero-order valence-electron chi connectivity index (χ0n) is 30.2. The normalized spacial score (nSPS) is 22.5. The van der Waals surface area contributed by atoms with Gasteiger partial charge >= 0.3 is 12.0 Å². The molecule has 1 aliphatic heterocycles. The number of benzene rings is 1. The molecule has 1 aromatic carbocycles. The second kappa shape index (κ2) is 14.3. The maximum absolute atomic E-state index is 14.4. The monoisotopic (exact) mass is 679 g/mol. The standard InChI is InChI=1S/C37H53N5O7/c1-19(2)25-23-18-42(27(26(23)25)32(45)39-24(17-21-15-16-21)28(43)31(38)44)33(46)29(36(4,5)6)40-35(48)41-30(37(7,8)9)34(47)49-20(3)22-13-11-10-12-14-22/h10-14,20-21,23-24,26-27,29-30H,15-18H2,1-9H3,(H2,38,44)(H,39,45)(H2,40,41,48)/t20-,23+,24?,26+,27-,29+,30+/m0/s1. The van der Waals surface area contributed by atoms with Gasteiger partial charge in [0.1, 0.15) is 24.2 Å². The maximum atomic E-state index is 14.4. The van der Waals surface area contributed by atoms with E-state index >= 15 is 0 Å². The predicted molar refractivity (Wildman–Crippen MR) is 183 cm³/mol. The van der Waals surface area contributed by atoms with Crippen LogP contribution in [0.15, 0.2) is 41.5 Å². The van der Waals surface area contributed by atoms with E-state index in [2.05, 4.69) is 16.0 Å². The predicted octanol–water partition coefficient (Wildman–Crippen LogP) is 3.55. The third-order valence-corrected chi connectivity index (χ3v) is 9.75. The van der Waals surface area contributed by atoms with E-state index in [0.29, 0.717) is 6.42 Å². The number of nitrogens with zero attached hydrogens (tertiary/aromatic N) is 1. The molecule has 4 rings (SSSR count). The van der Waals surface area contributed by atoms with Gasteiger partial charge in [-0.3, -0.25) is 19.2 Å². The summed E-state index contributed by atoms with van der Waals surface area (Å²) >= 11 is 0. The van der Waals surface area contributed by atoms with E-state index in [9.17, 15) is 28.8 Å². The molecule has 0 aromatic heterocycles. The molecule has 0 radical (unpaired) electrons. The van der Waals surface area contributed by atoms with Crippen molar-refractivity contribution in [3.05, 3.63) is 47.0 Å². The maximum Gasteiger partial charge on any atom is 0.329 e. The number of Topliss-reactive ketones (excluding diaryl/α,β-unsaturated/α-hetero) is 1. The third kappa shape index (κ3) is 8.88. The minimum atomic E-state index is -1.12. The van der Waals surface area contributed by atoms with Gasteiger partial charge in [0.05, 0.1) is 6.04 Å². The summed E-state index contributed by atoms with van der Waals surface area (Å²) in [6, 6.07) is 4.41. The summed E-state index contributed by atoms with van der Waals surface area (Å²) in [5.74, 6) is -3.63. The molecule has 5 amide bonds. The lowest BCUT2D eigenvalue weighted by molar-refractivity contribution is -0.153. The number of ketones is 1. The van der Waals surface area contributed by atoms with Crippen LogP contribution in [0.2, 0.25) is 0 Å². The Bertz CT molecular complexity index is 1500. The molecule has 1 heterocycles. The van der Waals surface area contributed by atoms with Crippen LogP contribution in [0.5, 0.6) is 0 Å². The van der Waals surface area contributed by atoms with E-state index in [1.165, 1.54) is 4.90 Å². The minimum Gasteiger partial charge on any atom is -0.456 e. The van der Waals surface area contributed by atoms with Crippen molar-refractivity contribution >= 4 is 35.5 Å². The molecule has 1 aromatic rings. The summed E-state index contributed by atoms with van der Waals surface area (Å²) in [4.78, 5) is 81.2. The van der Waals surface area contributed by atoms with Gasteiger partial charge in [-0.25, -0.2) is 9.59 Å². The average Bonchev–Trinajstić information content (AvgIpc) is 3.92. The first kappa shape index (κ1) is 37.6. The number of allylic oxidation sites excluding steroid dienone is 1. The molecule has 268 valence electrons. The number of nitrogens with two attached hydrogens (primary N) is 1. The Hall–Kier alpha value is -4.22. The van der Waals surface area contributed by atoms with Crippen LogP contribution in [0, 0.1) is 28.6 Å². The first-order valence-electron chi connectivity index (χ1n) is 17.2. The Morgan fingerprint density at radius 2 is 1.47 bits per heavy atom. The number of likely N-dealkylation sites (tertiary alicyclic amines) is 1. The Labute approximate surface area is 289 Å². The molecule has 0 spiro atoms. The molecule has 7 atom stereocenters. The number of amides is 5. The number of carbonyl (C=O) groups is 6. The summed E-state index contributed by atoms with van der Waals surface area (Å²) in [5.41, 5.74) is 6.76. The van der Waals surface area contributed by atoms with Gasteiger partial charge in [0.2, 0.25) is 17.6 Å². The smallest absolute Gasteiger partial charge is 0.329 e. The van der Waals surface area contributed by atoms with E-state index in [4.69, 9.17) is 10.5 Å². The summed E-state index contributed by atoms with van der Waals surface area (Å²) < 4.78 is 5.75. The highest BCUT2D eigenvalue weighted by molar-refractivity contribution is 6.37. The quantitative estimate of drug-likeness (QED) is 0.148. The molecule has 0 bridgehead atoms. The largest absolute Gasteiger partial charge is 0.456 e. The lowest BCUT2D eigenvalue weighted by atomic mass is 9.85. The highest BCUT2D eigenvalue weighted by Gasteiger charge is 2.62. The minimum absolute atomic E-state index is 0.0282. The second-order valence-corrected chi connectivity index (χ2v) is 16.2. The zero-order chi connectivity index (χ0) is 36.6. The van der Waals surface area contributed by atoms with Gasteiger partial charge in [0.25, 0.3) is 5.91 Å². The molecular formula is C37H53N5O7. The number of rotatable bonds is 12. The van der Waals surface area contributed by atoms with Crippen molar-refractivity contribution in [2.24, 2.45) is 34.3 Å². The Morgan fingerprint density at radius 3 is 1.98 bits per heavy atom. The lowest BCUT2D eigenvalue weighted by Gasteiger charge is -2.37. The molecule has 1 saturated heterocycles. The average molecular weight is 680 g/mol. The van der Waals surface area contributed by atoms with Crippen molar-refractivity contribution in [1.29, 1.82) is 0 Å². The first-order chi connectivity index (χ1) is 22.7. The van der Waals surface area contributed by atoms with Crippen LogP contribution in [0.25, 0.3) is 0 Å². The molecular weight excluding hydrogens is 626 g/mol. The number of hydrogen-bond acceptors (Lipinski definition) is 7. The van der Waals surface area contributed by atoms with Crippen LogP contribution in [0.4, 0.5) is 4.79 Å². The van der Waals surface area contributed by atoms with Crippen LogP contribution < -0.4 is 21.7 Å². The fourth-order valence-corrected chi connectivity index (χ4v) is 6.83. The number of piperidine rings is 1. The highest BCUT2D eigenvalue weighted by Crippen LogP contribution is 2.56. The van der Waals surface area contributed by atoms with Crippen molar-refractivity contribution in [2.75, 3.05) is 6.54 Å². The number of urea groups is 1. The number of hydrogen-bond donors (Lipinski definition) is 4. The van der Waals surface area contributed by atoms with Gasteiger partial charge in [0, 0.05) is 18.4 Å². The third-order valence-electron chi connectivity index (χ3n) is 9.75. The molecule has 12 nitrogen and oxygen atoms in total. The summed E-state index contributed by atoms with van der Waals surface area (Å²) in [6.07, 6.45) is 1.57. The van der Waals surface area contributed by atoms with E-state index in [1.807, 2.05) is 44.2 Å². The van der Waals surface area contributed by atoms with Gasteiger partial charge in [-0.2, -0.15) is 0 Å². The van der Waals surface area contributed by atoms with Crippen molar-refractivity contribution in [1.82, 2.24) is 20.9 Å². The van der Waals surface area contributed by atoms with E-state index in [-0.39, 0.29) is 24.3 Å². The number of nitrogens with one attached hydrogen (secondary N) is 3. The topological polar surface area (TPSA) is 177 Å². The number of primary amides is 1. The van der Waals surface area contributed by atoms with E-state index in [0.717, 1.165) is 29.6 Å². The van der Waals surface area contributed by atoms with E-state index < -0.39 is 76.6 Å². The van der Waals surface area contributed by atoms with Crippen LogP contribution in [-0.4, -0.2) is 71.1 Å². The molecule has 12 heteroatoms. The summed E-state index contributed by atoms with van der Waals surface area (Å²) in [7, 11) is 0. The van der Waals surface area contributed by atoms with Crippen molar-refractivity contribution in [2.45, 2.75) is 112 Å². The van der Waals surface area contributed by atoms with Crippen LogP contribution in [0.3, 0.4) is 0 Å². The van der Waals surface area contributed by atoms with Crippen LogP contribution in [0.1, 0.15) is 93.2 Å². The van der Waals surface area contributed by atoms with Gasteiger partial charge in [0.15, 0.2) is 0 Å². The van der Waals surface area contributed by atoms with Gasteiger partial charge in [-0.1, -0.05) is 95.9 Å². The summed E-state index contributed by atoms with van der Waals surface area (Å²) in [6.45, 7) is 16.8. The zero-order valence-corrected chi connectivity index (χ0v) is 30.2. The molecule has 5 N–H and O–H groups in total. The van der Waals surface area contributed by atoms with Crippen LogP contribution >= 0.6 is 0 Å². The molecule has 49 heavy (non-hydrogen) atoms. The Kier molecular flexibility index (Phi) is 11.0.